The molecule has 1 saturated heterocycles. The van der Waals surface area contributed by atoms with Crippen LogP contribution in [0.3, 0.4) is 0 Å². The minimum Gasteiger partial charge on any atom is -0.472 e. The van der Waals surface area contributed by atoms with Crippen LogP contribution in [-0.4, -0.2) is 65.2 Å². The van der Waals surface area contributed by atoms with Crippen molar-refractivity contribution < 1.29 is 14.3 Å². The Hall–Kier alpha value is -3.17. The fourth-order valence-electron chi connectivity index (χ4n) is 3.71. The molecule has 1 fully saturated rings. The summed E-state index contributed by atoms with van der Waals surface area (Å²) in [6.07, 6.45) is 7.22. The lowest BCUT2D eigenvalue weighted by Crippen LogP contribution is -2.37. The molecule has 31 heavy (non-hydrogen) atoms. The molecule has 1 aliphatic rings. The number of likely N-dealkylation sites (tertiary alicyclic amines) is 1. The summed E-state index contributed by atoms with van der Waals surface area (Å²) in [6, 6.07) is 0. The summed E-state index contributed by atoms with van der Waals surface area (Å²) in [5.74, 6) is 0.439. The Balaban J connectivity index is 1.53. The van der Waals surface area contributed by atoms with Gasteiger partial charge >= 0.3 is 6.09 Å². The first-order valence-corrected chi connectivity index (χ1v) is 10.6. The SMILES string of the molecule is Cc1nn(C)cc1-c1cn2ncnc2c(O[C@@H]2CCCN(C(=O)OC(C)(C)C)CC2)n1. The molecule has 1 aliphatic heterocycles. The third-order valence-electron chi connectivity index (χ3n) is 5.13. The topological polar surface area (TPSA) is 99.7 Å². The normalized spacial score (nSPS) is 17.6. The van der Waals surface area contributed by atoms with E-state index in [4.69, 9.17) is 14.5 Å². The second-order valence-electron chi connectivity index (χ2n) is 8.90. The number of fused-ring (bicyclic) bond motifs is 1. The fourth-order valence-corrected chi connectivity index (χ4v) is 3.71. The van der Waals surface area contributed by atoms with Gasteiger partial charge in [0.15, 0.2) is 0 Å². The van der Waals surface area contributed by atoms with Gasteiger partial charge in [-0.2, -0.15) is 10.2 Å². The molecule has 10 heteroatoms. The maximum atomic E-state index is 12.4. The van der Waals surface area contributed by atoms with E-state index < -0.39 is 5.60 Å². The minimum atomic E-state index is -0.507. The summed E-state index contributed by atoms with van der Waals surface area (Å²) in [5.41, 5.74) is 2.58. The first-order valence-electron chi connectivity index (χ1n) is 10.6. The van der Waals surface area contributed by atoms with E-state index in [1.807, 2.05) is 47.1 Å². The van der Waals surface area contributed by atoms with Crippen molar-refractivity contribution in [2.45, 2.75) is 58.7 Å². The van der Waals surface area contributed by atoms with Crippen LogP contribution in [0.1, 0.15) is 45.7 Å². The molecule has 3 aromatic heterocycles. The van der Waals surface area contributed by atoms with Crippen molar-refractivity contribution in [1.29, 1.82) is 0 Å². The lowest BCUT2D eigenvalue weighted by Gasteiger charge is -2.26. The molecule has 0 saturated carbocycles. The van der Waals surface area contributed by atoms with Gasteiger partial charge in [0.25, 0.3) is 5.88 Å². The van der Waals surface area contributed by atoms with Crippen molar-refractivity contribution in [3.05, 3.63) is 24.4 Å². The lowest BCUT2D eigenvalue weighted by atomic mass is 10.1. The molecule has 0 bridgehead atoms. The summed E-state index contributed by atoms with van der Waals surface area (Å²) >= 11 is 0. The molecule has 0 spiro atoms. The second-order valence-corrected chi connectivity index (χ2v) is 8.90. The van der Waals surface area contributed by atoms with E-state index in [1.54, 1.807) is 14.1 Å². The van der Waals surface area contributed by atoms with E-state index in [1.165, 1.54) is 6.33 Å². The minimum absolute atomic E-state index is 0.0781. The quantitative estimate of drug-likeness (QED) is 0.633. The highest BCUT2D eigenvalue weighted by Crippen LogP contribution is 2.27. The van der Waals surface area contributed by atoms with Crippen LogP contribution in [0.15, 0.2) is 18.7 Å². The Morgan fingerprint density at radius 1 is 1.19 bits per heavy atom. The number of aromatic nitrogens is 6. The Labute approximate surface area is 181 Å². The van der Waals surface area contributed by atoms with E-state index in [0.29, 0.717) is 31.0 Å². The van der Waals surface area contributed by atoms with Crippen LogP contribution in [0.2, 0.25) is 0 Å². The van der Waals surface area contributed by atoms with Crippen molar-refractivity contribution in [3.8, 4) is 17.1 Å². The summed E-state index contributed by atoms with van der Waals surface area (Å²) in [5, 5.41) is 8.68. The maximum Gasteiger partial charge on any atom is 0.410 e. The second kappa shape index (κ2) is 8.16. The number of rotatable bonds is 3. The monoisotopic (exact) mass is 427 g/mol. The zero-order valence-electron chi connectivity index (χ0n) is 18.7. The van der Waals surface area contributed by atoms with E-state index >= 15 is 0 Å². The van der Waals surface area contributed by atoms with Crippen LogP contribution < -0.4 is 4.74 Å². The Morgan fingerprint density at radius 3 is 2.71 bits per heavy atom. The fraction of sp³-hybridized carbons (Fsp3) is 0.571. The molecule has 1 amide bonds. The smallest absolute Gasteiger partial charge is 0.410 e. The van der Waals surface area contributed by atoms with Crippen LogP contribution in [0.4, 0.5) is 4.79 Å². The maximum absolute atomic E-state index is 12.4. The number of hydrogen-bond acceptors (Lipinski definition) is 7. The van der Waals surface area contributed by atoms with E-state index in [0.717, 1.165) is 29.8 Å². The highest BCUT2D eigenvalue weighted by atomic mass is 16.6. The van der Waals surface area contributed by atoms with Crippen molar-refractivity contribution in [3.63, 3.8) is 0 Å². The van der Waals surface area contributed by atoms with Crippen LogP contribution in [-0.2, 0) is 11.8 Å². The first kappa shape index (κ1) is 21.1. The van der Waals surface area contributed by atoms with Gasteiger partial charge in [-0.05, 0) is 40.5 Å². The van der Waals surface area contributed by atoms with Gasteiger partial charge in [0.05, 0.1) is 17.6 Å². The molecule has 4 rings (SSSR count). The zero-order chi connectivity index (χ0) is 22.2. The van der Waals surface area contributed by atoms with Gasteiger partial charge < -0.3 is 14.4 Å². The number of nitrogens with zero attached hydrogens (tertiary/aromatic N) is 7. The number of carbonyl (C=O) groups is 1. The Morgan fingerprint density at radius 2 is 2.00 bits per heavy atom. The van der Waals surface area contributed by atoms with E-state index in [9.17, 15) is 4.79 Å². The summed E-state index contributed by atoms with van der Waals surface area (Å²) in [7, 11) is 1.88. The molecular weight excluding hydrogens is 398 g/mol. The summed E-state index contributed by atoms with van der Waals surface area (Å²) in [4.78, 5) is 23.2. The van der Waals surface area contributed by atoms with Gasteiger partial charge in [0.1, 0.15) is 18.0 Å². The van der Waals surface area contributed by atoms with Gasteiger partial charge in [-0.15, -0.1) is 0 Å². The summed E-state index contributed by atoms with van der Waals surface area (Å²) < 4.78 is 15.3. The predicted octanol–water partition coefficient (Wildman–Crippen LogP) is 3.00. The third-order valence-corrected chi connectivity index (χ3v) is 5.13. The van der Waals surface area contributed by atoms with Gasteiger partial charge in [0.2, 0.25) is 5.65 Å². The molecule has 0 aliphatic carbocycles. The van der Waals surface area contributed by atoms with Crippen molar-refractivity contribution >= 4 is 11.7 Å². The Bertz CT molecular complexity index is 1080. The average molecular weight is 428 g/mol. The van der Waals surface area contributed by atoms with Crippen LogP contribution in [0, 0.1) is 6.92 Å². The molecule has 4 heterocycles. The van der Waals surface area contributed by atoms with Crippen molar-refractivity contribution in [1.82, 2.24) is 34.3 Å². The third kappa shape index (κ3) is 4.78. The standard InChI is InChI=1S/C21H29N7O3/c1-14-16(11-26(5)25-14)17-12-28-18(22-13-23-28)19(24-17)30-15-7-6-9-27(10-8-15)20(29)31-21(2,3)4/h11-13,15H,6-10H2,1-5H3/t15-/m1/s1. The van der Waals surface area contributed by atoms with Gasteiger partial charge in [0, 0.05) is 38.3 Å². The van der Waals surface area contributed by atoms with Gasteiger partial charge in [-0.3, -0.25) is 4.68 Å². The van der Waals surface area contributed by atoms with Crippen LogP contribution >= 0.6 is 0 Å². The van der Waals surface area contributed by atoms with Crippen molar-refractivity contribution in [2.24, 2.45) is 7.05 Å². The molecule has 0 unspecified atom stereocenters. The number of amides is 1. The van der Waals surface area contributed by atoms with E-state index in [2.05, 4.69) is 15.2 Å². The molecular formula is C21H29N7O3. The molecule has 0 radical (unpaired) electrons. The number of hydrogen-bond donors (Lipinski definition) is 0. The molecule has 1 atom stereocenters. The average Bonchev–Trinajstić information content (AvgIpc) is 3.20. The van der Waals surface area contributed by atoms with Gasteiger partial charge in [-0.25, -0.2) is 19.3 Å². The largest absolute Gasteiger partial charge is 0.472 e. The summed E-state index contributed by atoms with van der Waals surface area (Å²) in [6.45, 7) is 8.80. The predicted molar refractivity (Wildman–Crippen MR) is 114 cm³/mol. The van der Waals surface area contributed by atoms with E-state index in [-0.39, 0.29) is 12.2 Å². The Kier molecular flexibility index (Phi) is 5.55. The molecule has 0 N–H and O–H groups in total. The molecule has 166 valence electrons. The first-order chi connectivity index (χ1) is 14.7. The molecule has 0 aromatic carbocycles. The number of aryl methyl sites for hydroxylation is 2. The van der Waals surface area contributed by atoms with Gasteiger partial charge in [-0.1, -0.05) is 0 Å². The molecule has 3 aromatic rings. The number of carbonyl (C=O) groups excluding carboxylic acids is 1. The van der Waals surface area contributed by atoms with Crippen LogP contribution in [0.5, 0.6) is 5.88 Å². The van der Waals surface area contributed by atoms with Crippen molar-refractivity contribution in [2.75, 3.05) is 13.1 Å². The lowest BCUT2D eigenvalue weighted by molar-refractivity contribution is 0.0252. The highest BCUT2D eigenvalue weighted by molar-refractivity contribution is 5.68. The van der Waals surface area contributed by atoms with Crippen LogP contribution in [0.25, 0.3) is 16.9 Å². The highest BCUT2D eigenvalue weighted by Gasteiger charge is 2.27. The zero-order valence-corrected chi connectivity index (χ0v) is 18.7. The number of ether oxygens (including phenoxy) is 2. The molecule has 10 nitrogen and oxygen atoms in total.